The molecule has 1 aromatic rings. The van der Waals surface area contributed by atoms with Crippen molar-refractivity contribution in [1.29, 1.82) is 0 Å². The van der Waals surface area contributed by atoms with Crippen molar-refractivity contribution in [3.8, 4) is 0 Å². The lowest BCUT2D eigenvalue weighted by molar-refractivity contribution is 0.0930. The summed E-state index contributed by atoms with van der Waals surface area (Å²) in [6, 6.07) is 3.70. The van der Waals surface area contributed by atoms with Crippen LogP contribution in [0.25, 0.3) is 0 Å². The van der Waals surface area contributed by atoms with Crippen molar-refractivity contribution in [2.45, 2.75) is 39.2 Å². The Hall–Kier alpha value is -1.65. The summed E-state index contributed by atoms with van der Waals surface area (Å²) in [6.07, 6.45) is 3.23. The molecule has 1 amide bonds. The molecule has 2 N–H and O–H groups in total. The van der Waals surface area contributed by atoms with E-state index < -0.39 is 0 Å². The molecule has 5 nitrogen and oxygen atoms in total. The first-order valence-electron chi connectivity index (χ1n) is 6.32. The Morgan fingerprint density at radius 3 is 2.67 bits per heavy atom. The predicted octanol–water partition coefficient (Wildman–Crippen LogP) is 1.83. The first kappa shape index (κ1) is 12.8. The fourth-order valence-corrected chi connectivity index (χ4v) is 2.41. The molecule has 0 radical (unpaired) electrons. The largest absolute Gasteiger partial charge is 0.372 e. The third-order valence-corrected chi connectivity index (χ3v) is 3.46. The molecule has 0 aromatic carbocycles. The van der Waals surface area contributed by atoms with Gasteiger partial charge in [0.05, 0.1) is 0 Å². The van der Waals surface area contributed by atoms with E-state index in [-0.39, 0.29) is 11.9 Å². The van der Waals surface area contributed by atoms with Crippen molar-refractivity contribution >= 4 is 11.7 Å². The Kier molecular flexibility index (Phi) is 3.50. The molecule has 98 valence electrons. The Balaban J connectivity index is 1.95. The van der Waals surface area contributed by atoms with Crippen molar-refractivity contribution in [1.82, 2.24) is 15.5 Å². The van der Waals surface area contributed by atoms with E-state index in [1.807, 2.05) is 0 Å². The van der Waals surface area contributed by atoms with Gasteiger partial charge in [0, 0.05) is 13.1 Å². The van der Waals surface area contributed by atoms with Gasteiger partial charge in [-0.1, -0.05) is 13.8 Å². The number of carbonyl (C=O) groups is 1. The molecule has 1 aromatic heterocycles. The number of aromatic nitrogens is 2. The summed E-state index contributed by atoms with van der Waals surface area (Å²) < 4.78 is 0. The first-order chi connectivity index (χ1) is 8.50. The topological polar surface area (TPSA) is 66.9 Å². The summed E-state index contributed by atoms with van der Waals surface area (Å²) in [7, 11) is 1.77. The lowest BCUT2D eigenvalue weighted by atomic mass is 9.92. The van der Waals surface area contributed by atoms with Crippen LogP contribution >= 0.6 is 0 Å². The van der Waals surface area contributed by atoms with Gasteiger partial charge < -0.3 is 10.6 Å². The Bertz CT molecular complexity index is 427. The van der Waals surface area contributed by atoms with Crippen molar-refractivity contribution in [3.63, 3.8) is 0 Å². The molecule has 18 heavy (non-hydrogen) atoms. The monoisotopic (exact) mass is 248 g/mol. The lowest BCUT2D eigenvalue weighted by Gasteiger charge is -2.17. The number of anilines is 1. The van der Waals surface area contributed by atoms with E-state index in [1.165, 1.54) is 0 Å². The van der Waals surface area contributed by atoms with Crippen LogP contribution in [-0.4, -0.2) is 29.2 Å². The maximum Gasteiger partial charge on any atom is 0.272 e. The summed E-state index contributed by atoms with van der Waals surface area (Å²) in [4.78, 5) is 12.0. The highest BCUT2D eigenvalue weighted by molar-refractivity contribution is 5.92. The minimum absolute atomic E-state index is 0.132. The standard InChI is InChI=1S/C13H20N4O/c1-13(2)7-6-9(8-13)15-12(18)10-4-5-11(14-3)17-16-10/h4-5,9H,6-8H2,1-3H3,(H,14,17)(H,15,18). The van der Waals surface area contributed by atoms with Crippen LogP contribution in [0.15, 0.2) is 12.1 Å². The molecule has 1 atom stereocenters. The normalized spacial score (nSPS) is 21.6. The van der Waals surface area contributed by atoms with Gasteiger partial charge in [-0.2, -0.15) is 0 Å². The zero-order chi connectivity index (χ0) is 13.2. The summed E-state index contributed by atoms with van der Waals surface area (Å²) in [5.74, 6) is 0.529. The molecule has 1 fully saturated rings. The molecule has 0 aliphatic heterocycles. The average Bonchev–Trinajstić information content (AvgIpc) is 2.68. The molecular weight excluding hydrogens is 228 g/mol. The van der Waals surface area contributed by atoms with Crippen LogP contribution < -0.4 is 10.6 Å². The number of nitrogens with one attached hydrogen (secondary N) is 2. The van der Waals surface area contributed by atoms with Gasteiger partial charge in [0.25, 0.3) is 5.91 Å². The number of nitrogens with zero attached hydrogens (tertiary/aromatic N) is 2. The van der Waals surface area contributed by atoms with Crippen LogP contribution in [-0.2, 0) is 0 Å². The van der Waals surface area contributed by atoms with E-state index in [0.29, 0.717) is 16.9 Å². The van der Waals surface area contributed by atoms with Crippen molar-refractivity contribution in [3.05, 3.63) is 17.8 Å². The minimum Gasteiger partial charge on any atom is -0.372 e. The third-order valence-electron chi connectivity index (χ3n) is 3.46. The van der Waals surface area contributed by atoms with Crippen molar-refractivity contribution in [2.75, 3.05) is 12.4 Å². The van der Waals surface area contributed by atoms with Crippen LogP contribution in [0, 0.1) is 5.41 Å². The molecule has 1 unspecified atom stereocenters. The number of hydrogen-bond donors (Lipinski definition) is 2. The van der Waals surface area contributed by atoms with E-state index >= 15 is 0 Å². The highest BCUT2D eigenvalue weighted by Crippen LogP contribution is 2.36. The zero-order valence-electron chi connectivity index (χ0n) is 11.2. The first-order valence-corrected chi connectivity index (χ1v) is 6.32. The van der Waals surface area contributed by atoms with Gasteiger partial charge in [0.2, 0.25) is 0 Å². The highest BCUT2D eigenvalue weighted by atomic mass is 16.2. The average molecular weight is 248 g/mol. The lowest BCUT2D eigenvalue weighted by Crippen LogP contribution is -2.34. The Morgan fingerprint density at radius 2 is 2.17 bits per heavy atom. The van der Waals surface area contributed by atoms with Crippen LogP contribution in [0.1, 0.15) is 43.6 Å². The molecule has 1 aliphatic rings. The van der Waals surface area contributed by atoms with E-state index in [9.17, 15) is 4.79 Å². The van der Waals surface area contributed by atoms with Gasteiger partial charge in [0.1, 0.15) is 5.82 Å². The van der Waals surface area contributed by atoms with Gasteiger partial charge in [-0.3, -0.25) is 4.79 Å². The molecule has 1 saturated carbocycles. The van der Waals surface area contributed by atoms with Crippen molar-refractivity contribution < 1.29 is 4.79 Å². The highest BCUT2D eigenvalue weighted by Gasteiger charge is 2.31. The predicted molar refractivity (Wildman–Crippen MR) is 70.5 cm³/mol. The SMILES string of the molecule is CNc1ccc(C(=O)NC2CCC(C)(C)C2)nn1. The molecular formula is C13H20N4O. The Labute approximate surface area is 107 Å². The second kappa shape index (κ2) is 4.92. The zero-order valence-corrected chi connectivity index (χ0v) is 11.2. The van der Waals surface area contributed by atoms with Gasteiger partial charge in [-0.05, 0) is 36.8 Å². The van der Waals surface area contributed by atoms with Crippen molar-refractivity contribution in [2.24, 2.45) is 5.41 Å². The second-order valence-electron chi connectivity index (χ2n) is 5.63. The smallest absolute Gasteiger partial charge is 0.272 e. The molecule has 5 heteroatoms. The molecule has 0 saturated heterocycles. The van der Waals surface area contributed by atoms with Crippen LogP contribution in [0.2, 0.25) is 0 Å². The van der Waals surface area contributed by atoms with E-state index in [4.69, 9.17) is 0 Å². The molecule has 2 rings (SSSR count). The quantitative estimate of drug-likeness (QED) is 0.856. The molecule has 1 aliphatic carbocycles. The second-order valence-corrected chi connectivity index (χ2v) is 5.63. The number of hydrogen-bond acceptors (Lipinski definition) is 4. The fourth-order valence-electron chi connectivity index (χ4n) is 2.41. The molecule has 0 bridgehead atoms. The van der Waals surface area contributed by atoms with E-state index in [0.717, 1.165) is 19.3 Å². The maximum absolute atomic E-state index is 12.0. The molecule has 0 spiro atoms. The summed E-state index contributed by atoms with van der Waals surface area (Å²) in [6.45, 7) is 4.47. The van der Waals surface area contributed by atoms with Gasteiger partial charge >= 0.3 is 0 Å². The third kappa shape index (κ3) is 2.97. The maximum atomic E-state index is 12.0. The van der Waals surface area contributed by atoms with Gasteiger partial charge in [0.15, 0.2) is 5.69 Å². The van der Waals surface area contributed by atoms with E-state index in [2.05, 4.69) is 34.7 Å². The van der Waals surface area contributed by atoms with Gasteiger partial charge in [-0.25, -0.2) is 0 Å². The minimum atomic E-state index is -0.132. The van der Waals surface area contributed by atoms with Crippen LogP contribution in [0.5, 0.6) is 0 Å². The van der Waals surface area contributed by atoms with E-state index in [1.54, 1.807) is 19.2 Å². The number of carbonyl (C=O) groups excluding carboxylic acids is 1. The van der Waals surface area contributed by atoms with Crippen LogP contribution in [0.4, 0.5) is 5.82 Å². The fraction of sp³-hybridized carbons (Fsp3) is 0.615. The van der Waals surface area contributed by atoms with Crippen LogP contribution in [0.3, 0.4) is 0 Å². The summed E-state index contributed by atoms with van der Waals surface area (Å²) in [5.41, 5.74) is 0.707. The number of amides is 1. The molecule has 1 heterocycles. The summed E-state index contributed by atoms with van der Waals surface area (Å²) >= 11 is 0. The summed E-state index contributed by atoms with van der Waals surface area (Å²) in [5, 5.41) is 13.7. The number of rotatable bonds is 3. The Morgan fingerprint density at radius 1 is 1.39 bits per heavy atom. The van der Waals surface area contributed by atoms with Gasteiger partial charge in [-0.15, -0.1) is 10.2 Å².